The van der Waals surface area contributed by atoms with E-state index in [1.165, 1.54) is 0 Å². The average Bonchev–Trinajstić information content (AvgIpc) is 2.52. The fourth-order valence-electron chi connectivity index (χ4n) is 1.32. The van der Waals surface area contributed by atoms with Crippen molar-refractivity contribution in [2.24, 2.45) is 0 Å². The summed E-state index contributed by atoms with van der Waals surface area (Å²) >= 11 is 0. The quantitative estimate of drug-likeness (QED) is 0.157. The summed E-state index contributed by atoms with van der Waals surface area (Å²) in [5.74, 6) is -1.42. The van der Waals surface area contributed by atoms with Crippen LogP contribution in [0.15, 0.2) is 60.7 Å². The van der Waals surface area contributed by atoms with Crippen LogP contribution < -0.4 is 103 Å². The largest absolute Gasteiger partial charge is 1.00 e. The van der Waals surface area contributed by atoms with Gasteiger partial charge >= 0.3 is 115 Å². The van der Waals surface area contributed by atoms with E-state index in [1.54, 1.807) is 60.7 Å². The predicted octanol–water partition coefficient (Wildman–Crippen LogP) is -4.71. The molecule has 0 N–H and O–H groups in total. The Morgan fingerprint density at radius 2 is 0.920 bits per heavy atom. The fraction of sp³-hybridized carbons (Fsp3) is 0. The van der Waals surface area contributed by atoms with Gasteiger partial charge in [0.1, 0.15) is 0 Å². The zero-order chi connectivity index (χ0) is 17.3. The molecule has 122 valence electrons. The van der Waals surface area contributed by atoms with Crippen LogP contribution in [0.3, 0.4) is 0 Å². The third-order valence-electron chi connectivity index (χ3n) is 2.21. The first kappa shape index (κ1) is 27.7. The summed E-state index contributed by atoms with van der Waals surface area (Å²) in [4.78, 5) is 31.9. The Labute approximate surface area is 229 Å². The summed E-state index contributed by atoms with van der Waals surface area (Å²) in [5, 5.41) is 0. The summed E-state index contributed by atoms with van der Waals surface area (Å²) in [7, 11) is -5.17. The SMILES string of the molecule is O=C(OOC(=O)c1ccccc1)c1ccccc1.O=S(=O)([O-])[O-].[K+].[K+]. The van der Waals surface area contributed by atoms with E-state index in [-0.39, 0.29) is 103 Å². The second-order valence-electron chi connectivity index (χ2n) is 3.88. The van der Waals surface area contributed by atoms with E-state index in [0.717, 1.165) is 0 Å². The van der Waals surface area contributed by atoms with Crippen molar-refractivity contribution in [2.75, 3.05) is 0 Å². The van der Waals surface area contributed by atoms with E-state index in [1.807, 2.05) is 0 Å². The van der Waals surface area contributed by atoms with E-state index < -0.39 is 22.3 Å². The second-order valence-corrected chi connectivity index (χ2v) is 4.70. The van der Waals surface area contributed by atoms with Crippen LogP contribution >= 0.6 is 0 Å². The standard InChI is InChI=1S/C14H10O4.2K.H2O4S/c15-13(11-7-3-1-4-8-11)17-18-14(16)12-9-5-2-6-10-12;;;1-5(2,3)4/h1-10H;;;(H2,1,2,3,4)/q;2*+1;/p-2. The van der Waals surface area contributed by atoms with E-state index >= 15 is 0 Å². The molecular formula is C14H10K2O8S. The molecule has 11 heteroatoms. The molecule has 25 heavy (non-hydrogen) atoms. The van der Waals surface area contributed by atoms with Crippen molar-refractivity contribution in [3.05, 3.63) is 71.8 Å². The van der Waals surface area contributed by atoms with Crippen LogP contribution in [0, 0.1) is 0 Å². The molecule has 0 aromatic heterocycles. The van der Waals surface area contributed by atoms with Crippen LogP contribution in [0.4, 0.5) is 0 Å². The van der Waals surface area contributed by atoms with Gasteiger partial charge < -0.3 is 9.11 Å². The van der Waals surface area contributed by atoms with Crippen LogP contribution in [-0.2, 0) is 20.2 Å². The number of benzene rings is 2. The third-order valence-corrected chi connectivity index (χ3v) is 2.21. The molecule has 0 aliphatic carbocycles. The number of carbonyl (C=O) groups excluding carboxylic acids is 2. The summed E-state index contributed by atoms with van der Waals surface area (Å²) in [5.41, 5.74) is 0.636. The maximum absolute atomic E-state index is 11.5. The van der Waals surface area contributed by atoms with E-state index in [9.17, 15) is 9.59 Å². The Kier molecular flexibility index (Phi) is 16.2. The van der Waals surface area contributed by atoms with E-state index in [2.05, 4.69) is 9.78 Å². The van der Waals surface area contributed by atoms with Gasteiger partial charge in [0.2, 0.25) is 0 Å². The topological polar surface area (TPSA) is 133 Å². The van der Waals surface area contributed by atoms with Gasteiger partial charge in [-0.3, -0.25) is 8.42 Å². The maximum atomic E-state index is 11.5. The minimum Gasteiger partial charge on any atom is -0.759 e. The van der Waals surface area contributed by atoms with Crippen LogP contribution in [0.2, 0.25) is 0 Å². The Morgan fingerprint density at radius 1 is 0.680 bits per heavy atom. The molecule has 2 aromatic carbocycles. The minimum atomic E-state index is -5.17. The Morgan fingerprint density at radius 3 is 1.16 bits per heavy atom. The summed E-state index contributed by atoms with van der Waals surface area (Å²) in [6.07, 6.45) is 0. The van der Waals surface area contributed by atoms with Gasteiger partial charge in [0, 0.05) is 10.4 Å². The van der Waals surface area contributed by atoms with E-state index in [4.69, 9.17) is 17.5 Å². The van der Waals surface area contributed by atoms with Crippen molar-refractivity contribution in [1.29, 1.82) is 0 Å². The number of carbonyl (C=O) groups is 2. The minimum absolute atomic E-state index is 0. The molecule has 0 aliphatic rings. The summed E-state index contributed by atoms with van der Waals surface area (Å²) in [6.45, 7) is 0. The molecule has 0 bridgehead atoms. The predicted molar refractivity (Wildman–Crippen MR) is 74.2 cm³/mol. The molecule has 0 atom stereocenters. The third kappa shape index (κ3) is 14.3. The van der Waals surface area contributed by atoms with Crippen molar-refractivity contribution in [3.8, 4) is 0 Å². The molecule has 2 rings (SSSR count). The first-order valence-corrected chi connectivity index (χ1v) is 7.30. The second kappa shape index (κ2) is 14.6. The van der Waals surface area contributed by atoms with Gasteiger partial charge in [0.05, 0.1) is 11.1 Å². The molecule has 0 fully saturated rings. The average molecular weight is 416 g/mol. The molecule has 0 radical (unpaired) electrons. The molecule has 0 aliphatic heterocycles. The Hall–Kier alpha value is 0.523. The maximum Gasteiger partial charge on any atom is 1.00 e. The summed E-state index contributed by atoms with van der Waals surface area (Å²) in [6, 6.07) is 16.6. The van der Waals surface area contributed by atoms with Crippen LogP contribution in [0.25, 0.3) is 0 Å². The molecule has 2 aromatic rings. The number of hydrogen-bond acceptors (Lipinski definition) is 8. The van der Waals surface area contributed by atoms with Gasteiger partial charge in [-0.1, -0.05) is 36.4 Å². The Balaban J connectivity index is 0. The van der Waals surface area contributed by atoms with Crippen LogP contribution in [0.1, 0.15) is 20.7 Å². The molecule has 0 heterocycles. The van der Waals surface area contributed by atoms with Crippen molar-refractivity contribution < 1.29 is 140 Å². The van der Waals surface area contributed by atoms with Crippen molar-refractivity contribution in [2.45, 2.75) is 0 Å². The smallest absolute Gasteiger partial charge is 0.759 e. The van der Waals surface area contributed by atoms with Gasteiger partial charge in [0.25, 0.3) is 0 Å². The monoisotopic (exact) mass is 416 g/mol. The van der Waals surface area contributed by atoms with Crippen molar-refractivity contribution in [3.63, 3.8) is 0 Å². The number of rotatable bonds is 2. The van der Waals surface area contributed by atoms with Gasteiger partial charge in [0.15, 0.2) is 0 Å². The number of hydrogen-bond donors (Lipinski definition) is 0. The zero-order valence-electron chi connectivity index (χ0n) is 13.4. The molecule has 8 nitrogen and oxygen atoms in total. The van der Waals surface area contributed by atoms with E-state index in [0.29, 0.717) is 11.1 Å². The molecular weight excluding hydrogens is 406 g/mol. The van der Waals surface area contributed by atoms with Gasteiger partial charge in [-0.05, 0) is 24.3 Å². The normalized spacial score (nSPS) is 9.20. The first-order chi connectivity index (χ1) is 10.8. The van der Waals surface area contributed by atoms with Gasteiger partial charge in [-0.15, -0.1) is 0 Å². The van der Waals surface area contributed by atoms with Crippen LogP contribution in [-0.4, -0.2) is 29.5 Å². The van der Waals surface area contributed by atoms with Gasteiger partial charge in [-0.25, -0.2) is 19.4 Å². The zero-order valence-corrected chi connectivity index (χ0v) is 20.5. The molecule has 0 spiro atoms. The Bertz CT molecular complexity index is 691. The molecule has 0 saturated heterocycles. The van der Waals surface area contributed by atoms with Crippen molar-refractivity contribution in [1.82, 2.24) is 0 Å². The van der Waals surface area contributed by atoms with Gasteiger partial charge in [-0.2, -0.15) is 0 Å². The fourth-order valence-corrected chi connectivity index (χ4v) is 1.32. The molecule has 0 amide bonds. The first-order valence-electron chi connectivity index (χ1n) is 5.97. The van der Waals surface area contributed by atoms with Crippen molar-refractivity contribution >= 4 is 22.3 Å². The molecule has 0 saturated carbocycles. The van der Waals surface area contributed by atoms with Crippen LogP contribution in [0.5, 0.6) is 0 Å². The summed E-state index contributed by atoms with van der Waals surface area (Å²) < 4.78 is 34.1. The molecule has 0 unspecified atom stereocenters.